The Labute approximate surface area is 222 Å². The maximum Gasteiger partial charge on any atom is 0.255 e. The number of benzene rings is 2. The summed E-state index contributed by atoms with van der Waals surface area (Å²) in [7, 11) is 1.83. The van der Waals surface area contributed by atoms with Gasteiger partial charge in [-0.3, -0.25) is 14.3 Å². The molecule has 3 N–H and O–H groups in total. The van der Waals surface area contributed by atoms with E-state index in [4.69, 9.17) is 5.73 Å². The first-order chi connectivity index (χ1) is 18.2. The van der Waals surface area contributed by atoms with Gasteiger partial charge in [-0.15, -0.1) is 0 Å². The molecule has 2 aromatic heterocycles. The number of hydrogen-bond acceptors (Lipinski definition) is 5. The minimum atomic E-state index is -0.298. The second-order valence-electron chi connectivity index (χ2n) is 10.2. The number of amides is 2. The summed E-state index contributed by atoms with van der Waals surface area (Å²) in [6.07, 6.45) is 5.87. The van der Waals surface area contributed by atoms with Gasteiger partial charge in [0.15, 0.2) is 0 Å². The molecule has 0 spiro atoms. The van der Waals surface area contributed by atoms with E-state index in [0.29, 0.717) is 30.6 Å². The predicted octanol–water partition coefficient (Wildman–Crippen LogP) is 4.30. The van der Waals surface area contributed by atoms with Crippen molar-refractivity contribution in [3.8, 4) is 22.3 Å². The van der Waals surface area contributed by atoms with E-state index in [2.05, 4.69) is 47.4 Å². The van der Waals surface area contributed by atoms with Crippen LogP contribution in [0.2, 0.25) is 0 Å². The number of aryl methyl sites for hydroxylation is 4. The Morgan fingerprint density at radius 2 is 1.74 bits per heavy atom. The molecule has 0 radical (unpaired) electrons. The van der Waals surface area contributed by atoms with Gasteiger partial charge in [0, 0.05) is 55.3 Å². The Bertz CT molecular complexity index is 1520. The molecular weight excluding hydrogens is 476 g/mol. The summed E-state index contributed by atoms with van der Waals surface area (Å²) in [4.78, 5) is 32.4. The van der Waals surface area contributed by atoms with Gasteiger partial charge in [-0.25, -0.2) is 4.98 Å². The molecule has 194 valence electrons. The van der Waals surface area contributed by atoms with Crippen LogP contribution in [0.4, 0.5) is 5.82 Å². The van der Waals surface area contributed by atoms with E-state index in [-0.39, 0.29) is 23.7 Å². The largest absolute Gasteiger partial charge is 0.383 e. The zero-order valence-electron chi connectivity index (χ0n) is 22.2. The Morgan fingerprint density at radius 1 is 0.974 bits per heavy atom. The van der Waals surface area contributed by atoms with Crippen molar-refractivity contribution < 1.29 is 9.59 Å². The first-order valence-electron chi connectivity index (χ1n) is 12.7. The topological polar surface area (TPSA) is 106 Å². The number of aromatic nitrogens is 3. The zero-order chi connectivity index (χ0) is 27.0. The highest BCUT2D eigenvalue weighted by Crippen LogP contribution is 2.27. The summed E-state index contributed by atoms with van der Waals surface area (Å²) < 4.78 is 1.69. The molecule has 3 heterocycles. The Morgan fingerprint density at radius 3 is 2.42 bits per heavy atom. The number of likely N-dealkylation sites (tertiary alicyclic amines) is 1. The average molecular weight is 509 g/mol. The number of carbonyl (C=O) groups is 2. The quantitative estimate of drug-likeness (QED) is 0.418. The van der Waals surface area contributed by atoms with Crippen LogP contribution in [0.1, 0.15) is 43.8 Å². The van der Waals surface area contributed by atoms with Crippen LogP contribution in [0.15, 0.2) is 61.1 Å². The van der Waals surface area contributed by atoms with Gasteiger partial charge in [-0.2, -0.15) is 5.10 Å². The lowest BCUT2D eigenvalue weighted by atomic mass is 9.95. The van der Waals surface area contributed by atoms with Crippen LogP contribution >= 0.6 is 0 Å². The average Bonchev–Trinajstić information content (AvgIpc) is 3.52. The minimum Gasteiger partial charge on any atom is -0.383 e. The summed E-state index contributed by atoms with van der Waals surface area (Å²) in [5.74, 6) is -0.161. The van der Waals surface area contributed by atoms with Gasteiger partial charge in [-0.1, -0.05) is 35.4 Å². The predicted molar refractivity (Wildman–Crippen MR) is 149 cm³/mol. The van der Waals surface area contributed by atoms with Crippen molar-refractivity contribution in [1.82, 2.24) is 25.0 Å². The number of pyridine rings is 1. The highest BCUT2D eigenvalue weighted by Gasteiger charge is 2.29. The van der Waals surface area contributed by atoms with Gasteiger partial charge < -0.3 is 16.0 Å². The first kappa shape index (κ1) is 25.2. The van der Waals surface area contributed by atoms with E-state index < -0.39 is 0 Å². The van der Waals surface area contributed by atoms with Crippen molar-refractivity contribution in [2.75, 3.05) is 18.8 Å². The van der Waals surface area contributed by atoms with Crippen molar-refractivity contribution >= 4 is 17.6 Å². The normalized spacial score (nSPS) is 15.1. The van der Waals surface area contributed by atoms with E-state index in [1.54, 1.807) is 28.0 Å². The maximum absolute atomic E-state index is 13.3. The second-order valence-corrected chi connectivity index (χ2v) is 10.2. The molecule has 8 heteroatoms. The number of nitrogens with two attached hydrogens (primary N) is 1. The Balaban J connectivity index is 1.26. The molecule has 5 rings (SSSR count). The number of carbonyl (C=O) groups excluding carboxylic acids is 2. The number of anilines is 1. The lowest BCUT2D eigenvalue weighted by Crippen LogP contribution is -2.38. The van der Waals surface area contributed by atoms with Gasteiger partial charge in [0.1, 0.15) is 5.82 Å². The number of rotatable bonds is 5. The lowest BCUT2D eigenvalue weighted by Gasteiger charge is -2.18. The summed E-state index contributed by atoms with van der Waals surface area (Å²) in [5.41, 5.74) is 14.4. The third kappa shape index (κ3) is 5.16. The van der Waals surface area contributed by atoms with Crippen LogP contribution in [0.25, 0.3) is 22.3 Å². The molecule has 8 nitrogen and oxygen atoms in total. The molecule has 0 unspecified atom stereocenters. The number of hydrogen-bond donors (Lipinski definition) is 2. The molecule has 2 amide bonds. The van der Waals surface area contributed by atoms with Crippen molar-refractivity contribution in [3.63, 3.8) is 0 Å². The van der Waals surface area contributed by atoms with E-state index in [9.17, 15) is 9.59 Å². The summed E-state index contributed by atoms with van der Waals surface area (Å²) in [6.45, 7) is 7.24. The van der Waals surface area contributed by atoms with Crippen LogP contribution in [0.5, 0.6) is 0 Å². The monoisotopic (exact) mass is 508 g/mol. The van der Waals surface area contributed by atoms with Crippen LogP contribution in [-0.4, -0.2) is 50.6 Å². The minimum absolute atomic E-state index is 0.0309. The van der Waals surface area contributed by atoms with Gasteiger partial charge in [0.2, 0.25) is 0 Å². The molecule has 1 saturated heterocycles. The van der Waals surface area contributed by atoms with Crippen LogP contribution in [-0.2, 0) is 7.05 Å². The molecule has 2 aromatic carbocycles. The third-order valence-corrected chi connectivity index (χ3v) is 7.02. The first-order valence-corrected chi connectivity index (χ1v) is 12.7. The molecule has 0 aliphatic carbocycles. The number of nitrogens with one attached hydrogen (secondary N) is 1. The van der Waals surface area contributed by atoms with Gasteiger partial charge in [-0.05, 0) is 62.1 Å². The molecule has 4 aromatic rings. The molecule has 1 aliphatic heterocycles. The van der Waals surface area contributed by atoms with Crippen molar-refractivity contribution in [1.29, 1.82) is 0 Å². The Hall–Kier alpha value is -4.46. The molecule has 1 atom stereocenters. The van der Waals surface area contributed by atoms with E-state index in [1.807, 2.05) is 38.4 Å². The standard InChI is InChI=1S/C30H32N6O2/c1-18-9-19(2)11-22(10-18)26-6-5-21(12-20(26)3)30(38)36-8-7-25(17-36)34-29(37)27-13-23(14-32-28(27)31)24-15-33-35(4)16-24/h5-6,9-16,25H,7-8,17H2,1-4H3,(H2,31,32)(H,34,37)/t25-/m1/s1. The van der Waals surface area contributed by atoms with Gasteiger partial charge in [0.05, 0.1) is 11.8 Å². The van der Waals surface area contributed by atoms with Crippen LogP contribution in [0.3, 0.4) is 0 Å². The molecule has 0 saturated carbocycles. The molecule has 0 bridgehead atoms. The SMILES string of the molecule is Cc1cc(C)cc(-c2ccc(C(=O)N3CC[C@@H](NC(=O)c4cc(-c5cnn(C)c5)cnc4N)C3)cc2C)c1. The molecule has 1 fully saturated rings. The van der Waals surface area contributed by atoms with Crippen LogP contribution < -0.4 is 11.1 Å². The van der Waals surface area contributed by atoms with E-state index >= 15 is 0 Å². The Kier molecular flexibility index (Phi) is 6.72. The van der Waals surface area contributed by atoms with E-state index in [1.165, 1.54) is 11.1 Å². The van der Waals surface area contributed by atoms with Crippen molar-refractivity contribution in [2.24, 2.45) is 7.05 Å². The fraction of sp³-hybridized carbons (Fsp3) is 0.267. The molecule has 38 heavy (non-hydrogen) atoms. The summed E-state index contributed by atoms with van der Waals surface area (Å²) in [5, 5.41) is 7.21. The zero-order valence-corrected chi connectivity index (χ0v) is 22.2. The highest BCUT2D eigenvalue weighted by atomic mass is 16.2. The number of nitrogen functional groups attached to an aromatic ring is 1. The third-order valence-electron chi connectivity index (χ3n) is 7.02. The fourth-order valence-electron chi connectivity index (χ4n) is 5.14. The lowest BCUT2D eigenvalue weighted by molar-refractivity contribution is 0.0783. The van der Waals surface area contributed by atoms with Crippen LogP contribution in [0, 0.1) is 20.8 Å². The summed E-state index contributed by atoms with van der Waals surface area (Å²) >= 11 is 0. The molecule has 1 aliphatic rings. The molecular formula is C30H32N6O2. The van der Waals surface area contributed by atoms with Crippen molar-refractivity contribution in [2.45, 2.75) is 33.2 Å². The van der Waals surface area contributed by atoms with Gasteiger partial charge >= 0.3 is 0 Å². The highest BCUT2D eigenvalue weighted by molar-refractivity contribution is 6.00. The second kappa shape index (κ2) is 10.1. The summed E-state index contributed by atoms with van der Waals surface area (Å²) in [6, 6.07) is 13.9. The number of nitrogens with zero attached hydrogens (tertiary/aromatic N) is 4. The van der Waals surface area contributed by atoms with E-state index in [0.717, 1.165) is 27.8 Å². The van der Waals surface area contributed by atoms with Crippen molar-refractivity contribution in [3.05, 3.63) is 88.9 Å². The fourth-order valence-corrected chi connectivity index (χ4v) is 5.14. The maximum atomic E-state index is 13.3. The van der Waals surface area contributed by atoms with Gasteiger partial charge in [0.25, 0.3) is 11.8 Å². The smallest absolute Gasteiger partial charge is 0.255 e.